The maximum Gasteiger partial charge on any atom is 0.485 e. The lowest BCUT2D eigenvalue weighted by atomic mass is 10.1. The molecule has 0 bridgehead atoms. The minimum absolute atomic E-state index is 0.0561. The second-order valence-corrected chi connectivity index (χ2v) is 22.4. The zero-order valence-corrected chi connectivity index (χ0v) is 37.5. The second kappa shape index (κ2) is 22.0. The molecule has 2 fully saturated rings. The zero-order chi connectivity index (χ0) is 44.9. The van der Waals surface area contributed by atoms with E-state index in [0.29, 0.717) is 51.5 Å². The molecule has 2 aliphatic rings. The van der Waals surface area contributed by atoms with Gasteiger partial charge in [0.1, 0.15) is 18.8 Å². The van der Waals surface area contributed by atoms with Crippen LogP contribution in [-0.4, -0.2) is 71.0 Å². The molecule has 0 N–H and O–H groups in total. The third kappa shape index (κ3) is 13.3. The van der Waals surface area contributed by atoms with Crippen LogP contribution in [0.2, 0.25) is 5.04 Å². The molecule has 0 unspecified atom stereocenters. The lowest BCUT2D eigenvalue weighted by Crippen LogP contribution is -2.66. The van der Waals surface area contributed by atoms with Gasteiger partial charge >= 0.3 is 5.51 Å². The van der Waals surface area contributed by atoms with Gasteiger partial charge in [-0.25, -0.2) is 8.42 Å². The smallest absolute Gasteiger partial charge is 0.485 e. The SMILES string of the molecule is CC(C)(C)[Si](OC[C@@H]1C[C@@H]1CO[CH+][C@H]1O[C@H](COCc2ccccc2)[C@@H](OCc2ccccc2)[C@@H]1OCc1ccccc1)(c1ccccc1)c1ccccc1.O=S(=O)([O-])C(F)(F)F. The fourth-order valence-corrected chi connectivity index (χ4v) is 12.4. The van der Waals surface area contributed by atoms with E-state index in [9.17, 15) is 13.2 Å². The summed E-state index contributed by atoms with van der Waals surface area (Å²) in [6, 6.07) is 52.4. The largest absolute Gasteiger partial charge is 0.741 e. The van der Waals surface area contributed by atoms with E-state index in [-0.39, 0.29) is 23.4 Å². The van der Waals surface area contributed by atoms with E-state index in [1.54, 1.807) is 0 Å². The Kier molecular flexibility index (Phi) is 16.8. The van der Waals surface area contributed by atoms with Crippen LogP contribution in [0.1, 0.15) is 43.9 Å². The van der Waals surface area contributed by atoms with Gasteiger partial charge in [-0.1, -0.05) is 172 Å². The number of halogens is 3. The van der Waals surface area contributed by atoms with Crippen molar-refractivity contribution in [3.63, 3.8) is 0 Å². The molecule has 336 valence electrons. The predicted octanol–water partition coefficient (Wildman–Crippen LogP) is 8.58. The molecular weight excluding hydrogens is 850 g/mol. The monoisotopic (exact) mass is 904 g/mol. The highest BCUT2D eigenvalue weighted by atomic mass is 32.2. The Balaban J connectivity index is 0.000000753. The molecule has 1 heterocycles. The Labute approximate surface area is 370 Å². The molecule has 0 radical (unpaired) electrons. The van der Waals surface area contributed by atoms with Crippen LogP contribution in [-0.2, 0) is 58.0 Å². The average molecular weight is 905 g/mol. The summed E-state index contributed by atoms with van der Waals surface area (Å²) in [5.74, 6) is 0.848. The Bertz CT molecular complexity index is 2160. The lowest BCUT2D eigenvalue weighted by molar-refractivity contribution is -0.0899. The van der Waals surface area contributed by atoms with Gasteiger partial charge in [0.2, 0.25) is 0 Å². The molecule has 14 heteroatoms. The van der Waals surface area contributed by atoms with Gasteiger partial charge < -0.3 is 27.9 Å². The van der Waals surface area contributed by atoms with Crippen molar-refractivity contribution in [2.75, 3.05) is 19.8 Å². The van der Waals surface area contributed by atoms with Gasteiger partial charge in [-0.2, -0.15) is 17.9 Å². The standard InChI is InChI=1S/C48H55O6Si.CHF3O3S/c1-48(2,3)55(42-25-15-7-16-26-42,43-27-17-8-18-28-43)53-34-41-29-40(41)33-50-36-45-47(52-32-39-23-13-6-14-24-39)46(51-31-38-21-11-5-12-22-38)44(54-45)35-49-30-37-19-9-4-10-20-37;2-1(3,4)8(5,6)7/h4-28,36,40-41,44-47H,29-35H2,1-3H3;(H,5,6,7)/q+1;/p-1/t40-,41+,44-,45-,46-,47-;/m1./s1. The third-order valence-electron chi connectivity index (χ3n) is 11.1. The number of hydrogen-bond acceptors (Lipinski definition) is 9. The van der Waals surface area contributed by atoms with Gasteiger partial charge in [0.15, 0.2) is 16.2 Å². The first-order chi connectivity index (χ1) is 30.2. The molecule has 5 aromatic rings. The molecule has 9 nitrogen and oxygen atoms in total. The van der Waals surface area contributed by atoms with Crippen LogP contribution in [0.5, 0.6) is 0 Å². The van der Waals surface area contributed by atoms with Crippen molar-refractivity contribution in [2.24, 2.45) is 11.8 Å². The van der Waals surface area contributed by atoms with Crippen LogP contribution in [0.4, 0.5) is 13.2 Å². The summed E-state index contributed by atoms with van der Waals surface area (Å²) >= 11 is 0. The molecule has 1 saturated heterocycles. The average Bonchev–Trinajstić information content (AvgIpc) is 3.94. The fourth-order valence-electron chi connectivity index (χ4n) is 7.78. The van der Waals surface area contributed by atoms with Crippen LogP contribution >= 0.6 is 0 Å². The van der Waals surface area contributed by atoms with E-state index in [0.717, 1.165) is 23.1 Å². The first kappa shape index (κ1) is 48.1. The molecular formula is C49H55F3O9SSi. The van der Waals surface area contributed by atoms with E-state index in [1.807, 2.05) is 61.2 Å². The highest BCUT2D eigenvalue weighted by Gasteiger charge is 2.54. The summed E-state index contributed by atoms with van der Waals surface area (Å²) in [4.78, 5) is 0. The van der Waals surface area contributed by atoms with Crippen molar-refractivity contribution in [1.82, 2.24) is 0 Å². The van der Waals surface area contributed by atoms with E-state index < -0.39 is 30.0 Å². The van der Waals surface area contributed by atoms with E-state index in [1.165, 1.54) is 10.4 Å². The summed E-state index contributed by atoms with van der Waals surface area (Å²) < 4.78 is 98.7. The van der Waals surface area contributed by atoms with E-state index in [4.69, 9.17) is 41.1 Å². The molecule has 1 aliphatic carbocycles. The van der Waals surface area contributed by atoms with Crippen LogP contribution in [0, 0.1) is 18.4 Å². The van der Waals surface area contributed by atoms with Gasteiger partial charge in [0.05, 0.1) is 26.4 Å². The summed E-state index contributed by atoms with van der Waals surface area (Å²) in [7, 11) is -8.68. The van der Waals surface area contributed by atoms with Crippen molar-refractivity contribution in [3.05, 3.63) is 175 Å². The quantitative estimate of drug-likeness (QED) is 0.0348. The summed E-state index contributed by atoms with van der Waals surface area (Å²) in [5, 5.41) is 2.56. The van der Waals surface area contributed by atoms with Crippen molar-refractivity contribution >= 4 is 28.8 Å². The highest BCUT2D eigenvalue weighted by molar-refractivity contribution is 7.86. The number of ether oxygens (including phenoxy) is 5. The van der Waals surface area contributed by atoms with Crippen LogP contribution < -0.4 is 10.4 Å². The van der Waals surface area contributed by atoms with E-state index >= 15 is 0 Å². The van der Waals surface area contributed by atoms with Gasteiger partial charge in [-0.15, -0.1) is 0 Å². The van der Waals surface area contributed by atoms with Crippen molar-refractivity contribution in [2.45, 2.75) is 82.0 Å². The fraction of sp³-hybridized carbons (Fsp3) is 0.367. The molecule has 1 aliphatic heterocycles. The molecule has 0 spiro atoms. The van der Waals surface area contributed by atoms with Gasteiger partial charge in [-0.3, -0.25) is 0 Å². The molecule has 0 aromatic heterocycles. The van der Waals surface area contributed by atoms with E-state index in [2.05, 4.69) is 118 Å². The molecule has 6 atom stereocenters. The van der Waals surface area contributed by atoms with Gasteiger partial charge in [0.25, 0.3) is 21.0 Å². The number of benzene rings is 5. The summed E-state index contributed by atoms with van der Waals surface area (Å²) in [6.07, 6.45) is -0.447. The number of rotatable bonds is 19. The Morgan fingerprint density at radius 3 is 1.49 bits per heavy atom. The normalized spacial score (nSPS) is 21.3. The van der Waals surface area contributed by atoms with Crippen molar-refractivity contribution in [3.8, 4) is 0 Å². The topological polar surface area (TPSA) is 113 Å². The Morgan fingerprint density at radius 1 is 0.635 bits per heavy atom. The predicted molar refractivity (Wildman–Crippen MR) is 236 cm³/mol. The second-order valence-electron chi connectivity index (χ2n) is 16.8. The molecule has 0 amide bonds. The zero-order valence-electron chi connectivity index (χ0n) is 35.6. The van der Waals surface area contributed by atoms with Crippen LogP contribution in [0.3, 0.4) is 0 Å². The van der Waals surface area contributed by atoms with Crippen LogP contribution in [0.25, 0.3) is 0 Å². The van der Waals surface area contributed by atoms with Gasteiger partial charge in [-0.05, 0) is 50.4 Å². The Morgan fingerprint density at radius 2 is 1.05 bits per heavy atom. The van der Waals surface area contributed by atoms with Crippen molar-refractivity contribution < 1.29 is 54.3 Å². The third-order valence-corrected chi connectivity index (χ3v) is 16.7. The maximum atomic E-state index is 10.7. The highest BCUT2D eigenvalue weighted by Crippen LogP contribution is 2.43. The molecule has 5 aromatic carbocycles. The lowest BCUT2D eigenvalue weighted by Gasteiger charge is -2.43. The van der Waals surface area contributed by atoms with Gasteiger partial charge in [0, 0.05) is 6.61 Å². The maximum absolute atomic E-state index is 10.7. The minimum atomic E-state index is -6.09. The number of alkyl halides is 3. The summed E-state index contributed by atoms with van der Waals surface area (Å²) in [5.41, 5.74) is -2.34. The van der Waals surface area contributed by atoms with Crippen molar-refractivity contribution in [1.29, 1.82) is 0 Å². The summed E-state index contributed by atoms with van der Waals surface area (Å²) in [6.45, 7) is 11.9. The molecule has 7 rings (SSSR count). The number of hydrogen-bond donors (Lipinski definition) is 0. The molecule has 1 saturated carbocycles. The van der Waals surface area contributed by atoms with Crippen LogP contribution in [0.15, 0.2) is 152 Å². The minimum Gasteiger partial charge on any atom is -0.741 e. The first-order valence-electron chi connectivity index (χ1n) is 21.0. The Hall–Kier alpha value is -4.35. The molecule has 63 heavy (non-hydrogen) atoms. The first-order valence-corrected chi connectivity index (χ1v) is 24.3.